The molecule has 1 atom stereocenters. The fourth-order valence-corrected chi connectivity index (χ4v) is 2.49. The smallest absolute Gasteiger partial charge is 0.121 e. The van der Waals surface area contributed by atoms with E-state index in [0.29, 0.717) is 5.69 Å². The molecule has 4 nitrogen and oxygen atoms in total. The van der Waals surface area contributed by atoms with Crippen LogP contribution in [0.1, 0.15) is 24.4 Å². The molecule has 0 radical (unpaired) electrons. The highest BCUT2D eigenvalue weighted by Crippen LogP contribution is 2.30. The molecular formula is C13H17N3OS. The number of aromatic nitrogens is 1. The van der Waals surface area contributed by atoms with Crippen LogP contribution in [0.3, 0.4) is 0 Å². The zero-order valence-electron chi connectivity index (χ0n) is 10.5. The number of ether oxygens (including phenoxy) is 1. The zero-order valence-corrected chi connectivity index (χ0v) is 11.3. The second kappa shape index (κ2) is 5.73. The molecule has 0 aliphatic rings. The lowest BCUT2D eigenvalue weighted by Crippen LogP contribution is -2.10. The van der Waals surface area contributed by atoms with Crippen molar-refractivity contribution in [2.24, 2.45) is 0 Å². The minimum absolute atomic E-state index is 0.180. The number of nitrogens with zero attached hydrogens (tertiary/aromatic N) is 1. The van der Waals surface area contributed by atoms with Gasteiger partial charge in [0.25, 0.3) is 0 Å². The van der Waals surface area contributed by atoms with E-state index in [4.69, 9.17) is 10.5 Å². The Morgan fingerprint density at radius 2 is 2.33 bits per heavy atom. The molecule has 0 spiro atoms. The Bertz CT molecular complexity index is 499. The van der Waals surface area contributed by atoms with Crippen molar-refractivity contribution in [3.63, 3.8) is 0 Å². The number of nitrogen functional groups attached to an aromatic ring is 1. The third-order valence-electron chi connectivity index (χ3n) is 2.75. The Labute approximate surface area is 111 Å². The molecule has 3 N–H and O–H groups in total. The van der Waals surface area contributed by atoms with Gasteiger partial charge in [0.15, 0.2) is 0 Å². The molecular weight excluding hydrogens is 246 g/mol. The first-order valence-electron chi connectivity index (χ1n) is 5.84. The molecule has 0 aliphatic carbocycles. The highest BCUT2D eigenvalue weighted by atomic mass is 32.1. The van der Waals surface area contributed by atoms with Gasteiger partial charge in [-0.15, -0.1) is 11.3 Å². The van der Waals surface area contributed by atoms with Crippen LogP contribution in [0, 0.1) is 0 Å². The summed E-state index contributed by atoms with van der Waals surface area (Å²) in [6.07, 6.45) is 2.77. The van der Waals surface area contributed by atoms with Crippen molar-refractivity contribution >= 4 is 22.7 Å². The maximum absolute atomic E-state index is 5.97. The highest BCUT2D eigenvalue weighted by molar-refractivity contribution is 7.09. The molecule has 2 aromatic rings. The maximum atomic E-state index is 5.97. The number of methoxy groups -OCH3 is 1. The number of hydrogen-bond acceptors (Lipinski definition) is 5. The van der Waals surface area contributed by atoms with Crippen molar-refractivity contribution < 1.29 is 4.74 Å². The lowest BCUT2D eigenvalue weighted by atomic mass is 10.2. The number of hydrogen-bond donors (Lipinski definition) is 2. The highest BCUT2D eigenvalue weighted by Gasteiger charge is 2.13. The van der Waals surface area contributed by atoms with Gasteiger partial charge in [0.2, 0.25) is 0 Å². The summed E-state index contributed by atoms with van der Waals surface area (Å²) in [5.74, 6) is 0.792. The summed E-state index contributed by atoms with van der Waals surface area (Å²) in [5.41, 5.74) is 7.56. The van der Waals surface area contributed by atoms with E-state index < -0.39 is 0 Å². The standard InChI is InChI=1S/C13H17N3OS/c1-3-11(13-15-6-7-18-13)16-12-8-9(17-2)4-5-10(12)14/h4-8,11,16H,3,14H2,1-2H3. The van der Waals surface area contributed by atoms with E-state index in [9.17, 15) is 0 Å². The van der Waals surface area contributed by atoms with Crippen LogP contribution in [0.5, 0.6) is 5.75 Å². The van der Waals surface area contributed by atoms with Crippen molar-refractivity contribution in [1.29, 1.82) is 0 Å². The average Bonchev–Trinajstić information content (AvgIpc) is 2.91. The van der Waals surface area contributed by atoms with E-state index in [0.717, 1.165) is 22.9 Å². The van der Waals surface area contributed by atoms with Gasteiger partial charge in [0, 0.05) is 17.6 Å². The van der Waals surface area contributed by atoms with Crippen molar-refractivity contribution in [1.82, 2.24) is 4.98 Å². The molecule has 0 saturated carbocycles. The molecule has 1 heterocycles. The molecule has 5 heteroatoms. The van der Waals surface area contributed by atoms with Gasteiger partial charge in [-0.2, -0.15) is 0 Å². The largest absolute Gasteiger partial charge is 0.497 e. The van der Waals surface area contributed by atoms with E-state index in [2.05, 4.69) is 17.2 Å². The van der Waals surface area contributed by atoms with Gasteiger partial charge in [-0.25, -0.2) is 4.98 Å². The van der Waals surface area contributed by atoms with Gasteiger partial charge in [-0.05, 0) is 18.6 Å². The molecule has 0 aliphatic heterocycles. The van der Waals surface area contributed by atoms with Crippen LogP contribution in [0.4, 0.5) is 11.4 Å². The van der Waals surface area contributed by atoms with Crippen molar-refractivity contribution in [2.75, 3.05) is 18.2 Å². The van der Waals surface area contributed by atoms with Gasteiger partial charge in [0.05, 0.1) is 24.5 Å². The topological polar surface area (TPSA) is 60.2 Å². The van der Waals surface area contributed by atoms with Gasteiger partial charge >= 0.3 is 0 Å². The fraction of sp³-hybridized carbons (Fsp3) is 0.308. The van der Waals surface area contributed by atoms with Gasteiger partial charge in [0.1, 0.15) is 10.8 Å². The molecule has 0 amide bonds. The third-order valence-corrected chi connectivity index (χ3v) is 3.64. The summed E-state index contributed by atoms with van der Waals surface area (Å²) in [6, 6.07) is 5.78. The summed E-state index contributed by atoms with van der Waals surface area (Å²) in [7, 11) is 1.65. The Balaban J connectivity index is 2.21. The third kappa shape index (κ3) is 2.73. The Hall–Kier alpha value is -1.75. The number of nitrogens with one attached hydrogen (secondary N) is 1. The lowest BCUT2D eigenvalue weighted by Gasteiger charge is -2.18. The number of nitrogens with two attached hydrogens (primary N) is 1. The summed E-state index contributed by atoms with van der Waals surface area (Å²) < 4.78 is 5.21. The number of rotatable bonds is 5. The monoisotopic (exact) mass is 263 g/mol. The quantitative estimate of drug-likeness (QED) is 0.813. The van der Waals surface area contributed by atoms with Crippen molar-refractivity contribution in [2.45, 2.75) is 19.4 Å². The SMILES string of the molecule is CCC(Nc1cc(OC)ccc1N)c1nccs1. The molecule has 1 aromatic heterocycles. The minimum Gasteiger partial charge on any atom is -0.497 e. The van der Waals surface area contributed by atoms with Gasteiger partial charge < -0.3 is 15.8 Å². The molecule has 1 unspecified atom stereocenters. The summed E-state index contributed by atoms with van der Waals surface area (Å²) >= 11 is 1.64. The van der Waals surface area contributed by atoms with Crippen LogP contribution in [0.2, 0.25) is 0 Å². The van der Waals surface area contributed by atoms with E-state index in [-0.39, 0.29) is 6.04 Å². The first-order valence-corrected chi connectivity index (χ1v) is 6.72. The molecule has 0 saturated heterocycles. The van der Waals surface area contributed by atoms with Crippen LogP contribution < -0.4 is 15.8 Å². The number of benzene rings is 1. The Morgan fingerprint density at radius 1 is 1.50 bits per heavy atom. The molecule has 2 rings (SSSR count). The first kappa shape index (κ1) is 12.7. The predicted octanol–water partition coefficient (Wildman–Crippen LogP) is 3.30. The zero-order chi connectivity index (χ0) is 13.0. The van der Waals surface area contributed by atoms with E-state index >= 15 is 0 Å². The van der Waals surface area contributed by atoms with E-state index in [1.165, 1.54) is 0 Å². The predicted molar refractivity (Wildman–Crippen MR) is 76.2 cm³/mol. The van der Waals surface area contributed by atoms with Crippen LogP contribution in [0.15, 0.2) is 29.8 Å². The van der Waals surface area contributed by atoms with Gasteiger partial charge in [-0.3, -0.25) is 0 Å². The fourth-order valence-electron chi connectivity index (χ4n) is 1.72. The molecule has 96 valence electrons. The van der Waals surface area contributed by atoms with Crippen LogP contribution in [-0.4, -0.2) is 12.1 Å². The maximum Gasteiger partial charge on any atom is 0.121 e. The number of anilines is 2. The Morgan fingerprint density at radius 3 is 2.94 bits per heavy atom. The Kier molecular flexibility index (Phi) is 4.04. The normalized spacial score (nSPS) is 12.1. The van der Waals surface area contributed by atoms with Crippen LogP contribution >= 0.6 is 11.3 Å². The summed E-state index contributed by atoms with van der Waals surface area (Å²) in [6.45, 7) is 2.12. The second-order valence-electron chi connectivity index (χ2n) is 3.93. The summed E-state index contributed by atoms with van der Waals surface area (Å²) in [5, 5.41) is 6.47. The number of thiazole rings is 1. The average molecular weight is 263 g/mol. The van der Waals surface area contributed by atoms with E-state index in [1.807, 2.05) is 29.8 Å². The minimum atomic E-state index is 0.180. The molecule has 0 fully saturated rings. The molecule has 1 aromatic carbocycles. The summed E-state index contributed by atoms with van der Waals surface area (Å²) in [4.78, 5) is 4.34. The first-order chi connectivity index (χ1) is 8.74. The van der Waals surface area contributed by atoms with Crippen LogP contribution in [-0.2, 0) is 0 Å². The molecule has 18 heavy (non-hydrogen) atoms. The van der Waals surface area contributed by atoms with Crippen molar-refractivity contribution in [3.05, 3.63) is 34.8 Å². The molecule has 0 bridgehead atoms. The van der Waals surface area contributed by atoms with Crippen molar-refractivity contribution in [3.8, 4) is 5.75 Å². The van der Waals surface area contributed by atoms with Gasteiger partial charge in [-0.1, -0.05) is 6.92 Å². The van der Waals surface area contributed by atoms with E-state index in [1.54, 1.807) is 18.4 Å². The second-order valence-corrected chi connectivity index (χ2v) is 4.85. The van der Waals surface area contributed by atoms with Crippen LogP contribution in [0.25, 0.3) is 0 Å². The lowest BCUT2D eigenvalue weighted by molar-refractivity contribution is 0.415.